The lowest BCUT2D eigenvalue weighted by Crippen LogP contribution is -2.19. The van der Waals surface area contributed by atoms with Gasteiger partial charge in [-0.05, 0) is 62.7 Å². The minimum absolute atomic E-state index is 0.269. The fourth-order valence-electron chi connectivity index (χ4n) is 3.38. The molecule has 2 N–H and O–H groups in total. The molecule has 1 aliphatic carbocycles. The zero-order valence-electron chi connectivity index (χ0n) is 22.1. The molecule has 34 heavy (non-hydrogen) atoms. The lowest BCUT2D eigenvalue weighted by molar-refractivity contribution is -0.141. The molecular formula is C28H44N2O4. The van der Waals surface area contributed by atoms with Gasteiger partial charge in [0, 0.05) is 26.6 Å². The van der Waals surface area contributed by atoms with Crippen molar-refractivity contribution in [3.63, 3.8) is 0 Å². The van der Waals surface area contributed by atoms with Gasteiger partial charge in [-0.15, -0.1) is 0 Å². The molecule has 0 aromatic heterocycles. The van der Waals surface area contributed by atoms with E-state index in [-0.39, 0.29) is 17.4 Å². The van der Waals surface area contributed by atoms with E-state index in [0.717, 1.165) is 5.57 Å². The van der Waals surface area contributed by atoms with E-state index in [1.165, 1.54) is 49.8 Å². The zero-order chi connectivity index (χ0) is 26.0. The second-order valence-electron chi connectivity index (χ2n) is 8.97. The molecule has 6 heteroatoms. The second-order valence-corrected chi connectivity index (χ2v) is 8.97. The quantitative estimate of drug-likeness (QED) is 0.192. The summed E-state index contributed by atoms with van der Waals surface area (Å²) >= 11 is 0. The number of nitrogens with zero attached hydrogens (tertiary/aromatic N) is 1. The van der Waals surface area contributed by atoms with Crippen LogP contribution in [0.25, 0.3) is 0 Å². The van der Waals surface area contributed by atoms with Crippen LogP contribution in [-0.2, 0) is 19.1 Å². The highest BCUT2D eigenvalue weighted by Crippen LogP contribution is 2.40. The molecule has 0 spiro atoms. The number of aliphatic imine (C=N–C) groups is 1. The molecule has 0 amide bonds. The maximum atomic E-state index is 10.6. The van der Waals surface area contributed by atoms with Crippen LogP contribution < -0.4 is 5.73 Å². The summed E-state index contributed by atoms with van der Waals surface area (Å²) in [5.74, 6) is -0.542. The van der Waals surface area contributed by atoms with Crippen molar-refractivity contribution >= 4 is 18.2 Å². The molecule has 190 valence electrons. The summed E-state index contributed by atoms with van der Waals surface area (Å²) in [6.07, 6.45) is 18.2. The van der Waals surface area contributed by atoms with Crippen molar-refractivity contribution in [2.24, 2.45) is 16.1 Å². The Labute approximate surface area is 206 Å². The van der Waals surface area contributed by atoms with E-state index in [4.69, 9.17) is 10.5 Å². The minimum atomic E-state index is -0.273. The summed E-state index contributed by atoms with van der Waals surface area (Å²) in [7, 11) is 0. The van der Waals surface area contributed by atoms with E-state index in [0.29, 0.717) is 26.3 Å². The first kappa shape index (κ1) is 31.3. The van der Waals surface area contributed by atoms with Crippen LogP contribution >= 0.6 is 0 Å². The predicted octanol–water partition coefficient (Wildman–Crippen LogP) is 5.66. The SMILES string of the molecule is CC(=O)OCCN.CC(=O)OCCN=C/C=C(C)/C=C/C=C(C)/C=C/C1=C(C)CCCC1(C)C. The van der Waals surface area contributed by atoms with Crippen molar-refractivity contribution in [1.29, 1.82) is 0 Å². The highest BCUT2D eigenvalue weighted by molar-refractivity contribution is 5.72. The van der Waals surface area contributed by atoms with Crippen LogP contribution in [0.3, 0.4) is 0 Å². The van der Waals surface area contributed by atoms with Gasteiger partial charge < -0.3 is 15.2 Å². The Morgan fingerprint density at radius 2 is 1.62 bits per heavy atom. The number of esters is 2. The van der Waals surface area contributed by atoms with Crippen molar-refractivity contribution in [1.82, 2.24) is 0 Å². The molecular weight excluding hydrogens is 428 g/mol. The second kappa shape index (κ2) is 17.7. The Hall–Kier alpha value is -2.73. The van der Waals surface area contributed by atoms with E-state index in [1.54, 1.807) is 6.21 Å². The molecule has 0 aliphatic heterocycles. The monoisotopic (exact) mass is 472 g/mol. The maximum absolute atomic E-state index is 10.6. The highest BCUT2D eigenvalue weighted by Gasteiger charge is 2.26. The number of hydrogen-bond acceptors (Lipinski definition) is 6. The molecule has 0 saturated carbocycles. The van der Waals surface area contributed by atoms with E-state index in [9.17, 15) is 9.59 Å². The average Bonchev–Trinajstić information content (AvgIpc) is 2.74. The van der Waals surface area contributed by atoms with Crippen molar-refractivity contribution in [2.45, 2.75) is 67.7 Å². The lowest BCUT2D eigenvalue weighted by Gasteiger charge is -2.32. The Morgan fingerprint density at radius 3 is 2.18 bits per heavy atom. The molecule has 0 radical (unpaired) electrons. The van der Waals surface area contributed by atoms with Crippen molar-refractivity contribution < 1.29 is 19.1 Å². The van der Waals surface area contributed by atoms with Crippen molar-refractivity contribution in [3.8, 4) is 0 Å². The summed E-state index contributed by atoms with van der Waals surface area (Å²) in [6.45, 7) is 15.4. The average molecular weight is 473 g/mol. The van der Waals surface area contributed by atoms with Gasteiger partial charge in [-0.1, -0.05) is 55.4 Å². The van der Waals surface area contributed by atoms with Gasteiger partial charge in [-0.25, -0.2) is 0 Å². The first-order valence-corrected chi connectivity index (χ1v) is 11.9. The lowest BCUT2D eigenvalue weighted by atomic mass is 9.72. The molecule has 0 bridgehead atoms. The normalized spacial score (nSPS) is 16.7. The molecule has 0 heterocycles. The van der Waals surface area contributed by atoms with Gasteiger partial charge in [0.15, 0.2) is 0 Å². The molecule has 0 saturated heterocycles. The largest absolute Gasteiger partial charge is 0.465 e. The number of ether oxygens (including phenoxy) is 2. The highest BCUT2D eigenvalue weighted by atomic mass is 16.5. The Balaban J connectivity index is 0.00000135. The molecule has 0 unspecified atom stereocenters. The summed E-state index contributed by atoms with van der Waals surface area (Å²) in [5.41, 5.74) is 10.6. The Bertz CT molecular complexity index is 827. The standard InChI is InChI=1S/C24H35NO2.C4H9NO2/c1-19(12-13-23-21(3)11-8-15-24(23,5)6)9-7-10-20(2)14-16-25-17-18-27-22(4)26;1-4(6)7-3-2-5/h7,9-10,12-14,16H,8,11,15,17-18H2,1-6H3;2-3,5H2,1H3/b10-7+,13-12+,19-9+,20-14+,25-16?;. The summed E-state index contributed by atoms with van der Waals surface area (Å²) < 4.78 is 9.25. The van der Waals surface area contributed by atoms with E-state index < -0.39 is 0 Å². The van der Waals surface area contributed by atoms with Gasteiger partial charge in [0.1, 0.15) is 13.2 Å². The fraction of sp³-hybridized carbons (Fsp3) is 0.536. The van der Waals surface area contributed by atoms with Crippen LogP contribution in [0, 0.1) is 5.41 Å². The Kier molecular flexibility index (Phi) is 16.3. The molecule has 6 nitrogen and oxygen atoms in total. The van der Waals surface area contributed by atoms with Crippen LogP contribution in [0.4, 0.5) is 0 Å². The zero-order valence-corrected chi connectivity index (χ0v) is 22.1. The third-order valence-electron chi connectivity index (χ3n) is 5.17. The Morgan fingerprint density at radius 1 is 1.00 bits per heavy atom. The summed E-state index contributed by atoms with van der Waals surface area (Å²) in [6, 6.07) is 0. The summed E-state index contributed by atoms with van der Waals surface area (Å²) in [4.78, 5) is 24.7. The molecule has 0 aromatic rings. The van der Waals surface area contributed by atoms with Crippen LogP contribution in [0.15, 0.2) is 63.7 Å². The third kappa shape index (κ3) is 16.0. The number of carbonyl (C=O) groups is 2. The molecule has 0 aromatic carbocycles. The van der Waals surface area contributed by atoms with Crippen LogP contribution in [0.2, 0.25) is 0 Å². The maximum Gasteiger partial charge on any atom is 0.302 e. The van der Waals surface area contributed by atoms with Gasteiger partial charge in [0.05, 0.1) is 6.54 Å². The number of rotatable bonds is 10. The van der Waals surface area contributed by atoms with Gasteiger partial charge in [-0.3, -0.25) is 14.6 Å². The number of allylic oxidation sites excluding steroid dienone is 10. The third-order valence-corrected chi connectivity index (χ3v) is 5.17. The van der Waals surface area contributed by atoms with Gasteiger partial charge in [0.2, 0.25) is 0 Å². The molecule has 0 atom stereocenters. The minimum Gasteiger partial charge on any atom is -0.465 e. The number of hydrogen-bond donors (Lipinski definition) is 1. The van der Waals surface area contributed by atoms with Gasteiger partial charge >= 0.3 is 11.9 Å². The van der Waals surface area contributed by atoms with Gasteiger partial charge in [0.25, 0.3) is 0 Å². The summed E-state index contributed by atoms with van der Waals surface area (Å²) in [5, 5.41) is 0. The van der Waals surface area contributed by atoms with E-state index in [1.807, 2.05) is 13.0 Å². The van der Waals surface area contributed by atoms with Crippen LogP contribution in [-0.4, -0.2) is 44.5 Å². The van der Waals surface area contributed by atoms with E-state index >= 15 is 0 Å². The van der Waals surface area contributed by atoms with Crippen molar-refractivity contribution in [3.05, 3.63) is 58.7 Å². The molecule has 1 aliphatic rings. The van der Waals surface area contributed by atoms with E-state index in [2.05, 4.69) is 67.8 Å². The smallest absolute Gasteiger partial charge is 0.302 e. The number of nitrogens with two attached hydrogens (primary N) is 1. The van der Waals surface area contributed by atoms with Gasteiger partial charge in [-0.2, -0.15) is 0 Å². The van der Waals surface area contributed by atoms with Crippen LogP contribution in [0.1, 0.15) is 67.7 Å². The fourth-order valence-corrected chi connectivity index (χ4v) is 3.38. The van der Waals surface area contributed by atoms with Crippen molar-refractivity contribution in [2.75, 3.05) is 26.3 Å². The predicted molar refractivity (Wildman–Crippen MR) is 142 cm³/mol. The first-order valence-electron chi connectivity index (χ1n) is 11.9. The number of carbonyl (C=O) groups excluding carboxylic acids is 2. The van der Waals surface area contributed by atoms with Crippen LogP contribution in [0.5, 0.6) is 0 Å². The first-order chi connectivity index (χ1) is 16.0. The topological polar surface area (TPSA) is 91.0 Å². The molecule has 1 rings (SSSR count). The molecule has 0 fully saturated rings.